The van der Waals surface area contributed by atoms with E-state index in [1.807, 2.05) is 24.6 Å². The zero-order valence-corrected chi connectivity index (χ0v) is 30.2. The van der Waals surface area contributed by atoms with Gasteiger partial charge in [-0.1, -0.05) is 133 Å². The quantitative estimate of drug-likeness (QED) is 0.0931. The minimum atomic E-state index is -4.77. The van der Waals surface area contributed by atoms with Crippen LogP contribution in [0.15, 0.2) is 140 Å². The van der Waals surface area contributed by atoms with Crippen molar-refractivity contribution in [3.05, 3.63) is 167 Å². The molecule has 0 atom stereocenters. The molecule has 0 saturated carbocycles. The Morgan fingerprint density at radius 2 is 0.696 bits per heavy atom. The van der Waals surface area contributed by atoms with Gasteiger partial charge in [0.15, 0.2) is 0 Å². The summed E-state index contributed by atoms with van der Waals surface area (Å²) in [6.45, 7) is 0. The van der Waals surface area contributed by atoms with Gasteiger partial charge in [-0.05, 0) is 16.8 Å². The van der Waals surface area contributed by atoms with Crippen molar-refractivity contribution in [2.75, 3.05) is 12.5 Å². The Kier molecular flexibility index (Phi) is 11.6. The molecule has 56 heavy (non-hydrogen) atoms. The highest BCUT2D eigenvalue weighted by Gasteiger charge is 2.38. The Balaban J connectivity index is 0.000000332. The summed E-state index contributed by atoms with van der Waals surface area (Å²) in [4.78, 5) is 0. The molecule has 1 nitrogen and oxygen atoms in total. The average molecular weight is 811 g/mol. The fraction of sp³-hybridized carbons (Fsp3) is 0.171. The lowest BCUT2D eigenvalue weighted by Gasteiger charge is -2.44. The summed E-state index contributed by atoms with van der Waals surface area (Å²) in [6.07, 6.45) is -18.4. The molecule has 0 amide bonds. The van der Waals surface area contributed by atoms with E-state index in [1.165, 1.54) is 10.8 Å². The van der Waals surface area contributed by atoms with Gasteiger partial charge in [-0.25, -0.2) is 0 Å². The molecule has 0 heterocycles. The molecule has 0 N–H and O–H groups in total. The standard InChI is InChI=1S/C28H16BF12.C13H15OS/c30-25(31,32)17-1-9-21(10-2-17)29(22-11-3-18(4-12-22)26(33,34)35,23-13-5-19(6-14-23)27(36,37)38)24-15-7-20(8-16-24)28(39,40)41;1-15(2,14)10-11-7-8-12-5-3-4-6-13(12)9-11/h1-16H;3-9H,10H2,1-2H3/q-1;+1. The lowest BCUT2D eigenvalue weighted by Crippen LogP contribution is -2.74. The van der Waals surface area contributed by atoms with Gasteiger partial charge in [-0.3, -0.25) is 0 Å². The van der Waals surface area contributed by atoms with Crippen LogP contribution >= 0.6 is 0 Å². The van der Waals surface area contributed by atoms with Gasteiger partial charge in [-0.15, -0.1) is 4.21 Å². The van der Waals surface area contributed by atoms with Gasteiger partial charge >= 0.3 is 24.7 Å². The predicted molar refractivity (Wildman–Crippen MR) is 198 cm³/mol. The first kappa shape index (κ1) is 42.1. The van der Waals surface area contributed by atoms with Gasteiger partial charge in [0.2, 0.25) is 0 Å². The van der Waals surface area contributed by atoms with Gasteiger partial charge in [0, 0.05) is 5.56 Å². The topological polar surface area (TPSA) is 17.1 Å². The van der Waals surface area contributed by atoms with Crippen LogP contribution < -0.4 is 21.9 Å². The first-order chi connectivity index (χ1) is 25.9. The number of rotatable bonds is 6. The first-order valence-electron chi connectivity index (χ1n) is 16.6. The Hall–Kier alpha value is -5.05. The Morgan fingerprint density at radius 3 is 0.964 bits per heavy atom. The summed E-state index contributed by atoms with van der Waals surface area (Å²) in [5.41, 5.74) is -3.14. The van der Waals surface area contributed by atoms with Crippen LogP contribution in [0.3, 0.4) is 0 Å². The molecule has 0 spiro atoms. The van der Waals surface area contributed by atoms with Crippen LogP contribution in [0.2, 0.25) is 0 Å². The second kappa shape index (κ2) is 15.5. The van der Waals surface area contributed by atoms with Crippen molar-refractivity contribution >= 4 is 48.7 Å². The highest BCUT2D eigenvalue weighted by atomic mass is 32.2. The van der Waals surface area contributed by atoms with Crippen molar-refractivity contribution in [3.8, 4) is 0 Å². The van der Waals surface area contributed by atoms with Crippen LogP contribution in [0.4, 0.5) is 52.7 Å². The number of alkyl halides is 12. The van der Waals surface area contributed by atoms with Crippen molar-refractivity contribution in [3.63, 3.8) is 0 Å². The van der Waals surface area contributed by atoms with E-state index in [-0.39, 0.29) is 21.9 Å². The summed E-state index contributed by atoms with van der Waals surface area (Å²) >= 11 is 0. The number of halogens is 12. The Labute approximate surface area is 315 Å². The van der Waals surface area contributed by atoms with Crippen LogP contribution in [0.1, 0.15) is 27.8 Å². The summed E-state index contributed by atoms with van der Waals surface area (Å²) in [6, 6.07) is 28.1. The van der Waals surface area contributed by atoms with E-state index in [1.54, 1.807) is 0 Å². The minimum absolute atomic E-state index is 0.0114. The maximum absolute atomic E-state index is 13.3. The highest BCUT2D eigenvalue weighted by Crippen LogP contribution is 2.32. The van der Waals surface area contributed by atoms with Crippen molar-refractivity contribution < 1.29 is 56.9 Å². The van der Waals surface area contributed by atoms with E-state index in [9.17, 15) is 56.9 Å². The number of hydrogen-bond acceptors (Lipinski definition) is 1. The molecule has 0 aliphatic carbocycles. The smallest absolute Gasteiger partial charge is 0.195 e. The molecule has 15 heteroatoms. The van der Waals surface area contributed by atoms with Gasteiger partial charge in [0.1, 0.15) is 24.4 Å². The second-order valence-corrected chi connectivity index (χ2v) is 16.8. The Bertz CT molecular complexity index is 2070. The zero-order chi connectivity index (χ0) is 41.3. The second-order valence-electron chi connectivity index (χ2n) is 13.6. The molecule has 6 aromatic carbocycles. The van der Waals surface area contributed by atoms with E-state index < -0.39 is 63.0 Å². The average Bonchev–Trinajstić information content (AvgIpc) is 3.11. The molecular formula is C41H31BF12OS. The highest BCUT2D eigenvalue weighted by molar-refractivity contribution is 8.00. The third kappa shape index (κ3) is 9.66. The first-order valence-corrected chi connectivity index (χ1v) is 19.2. The largest absolute Gasteiger partial charge is 0.416 e. The van der Waals surface area contributed by atoms with Gasteiger partial charge in [0.05, 0.1) is 32.2 Å². The summed E-state index contributed by atoms with van der Waals surface area (Å²) in [5.74, 6) is 0.665. The summed E-state index contributed by atoms with van der Waals surface area (Å²) in [5, 5.41) is 2.46. The number of benzene rings is 6. The monoisotopic (exact) mass is 810 g/mol. The minimum Gasteiger partial charge on any atom is -0.195 e. The van der Waals surface area contributed by atoms with E-state index in [0.717, 1.165) is 54.1 Å². The lowest BCUT2D eigenvalue weighted by molar-refractivity contribution is -0.138. The number of fused-ring (bicyclic) bond motifs is 1. The van der Waals surface area contributed by atoms with Gasteiger partial charge in [0.25, 0.3) is 0 Å². The molecule has 6 aromatic rings. The SMILES string of the molecule is C[S+](C)(=O)Cc1ccc2ccccc2c1.FC(F)(F)c1ccc([B-](c2ccc(C(F)(F)F)cc2)(c2ccc(C(F)(F)F)cc2)c2ccc(C(F)(F)F)cc2)cc1. The fourth-order valence-corrected chi connectivity index (χ4v) is 7.71. The molecule has 0 bridgehead atoms. The van der Waals surface area contributed by atoms with Crippen LogP contribution in [0.5, 0.6) is 0 Å². The van der Waals surface area contributed by atoms with Crippen LogP contribution in [-0.4, -0.2) is 18.7 Å². The van der Waals surface area contributed by atoms with Crippen LogP contribution in [-0.2, 0) is 44.6 Å². The fourth-order valence-electron chi connectivity index (χ4n) is 6.73. The van der Waals surface area contributed by atoms with Gasteiger partial charge < -0.3 is 0 Å². The maximum Gasteiger partial charge on any atom is 0.416 e. The molecule has 0 saturated heterocycles. The third-order valence-electron chi connectivity index (χ3n) is 9.28. The van der Waals surface area contributed by atoms with E-state index in [2.05, 4.69) is 30.3 Å². The molecule has 0 aromatic heterocycles. The Morgan fingerprint density at radius 1 is 0.411 bits per heavy atom. The van der Waals surface area contributed by atoms with E-state index in [0.29, 0.717) is 54.3 Å². The molecule has 294 valence electrons. The number of hydrogen-bond donors (Lipinski definition) is 0. The van der Waals surface area contributed by atoms with Crippen LogP contribution in [0.25, 0.3) is 10.8 Å². The normalized spacial score (nSPS) is 13.0. The molecule has 0 radical (unpaired) electrons. The lowest BCUT2D eigenvalue weighted by atomic mass is 9.13. The van der Waals surface area contributed by atoms with Gasteiger partial charge in [-0.2, -0.15) is 74.5 Å². The zero-order valence-electron chi connectivity index (χ0n) is 29.4. The maximum atomic E-state index is 13.3. The molecule has 6 rings (SSSR count). The molecular weight excluding hydrogens is 779 g/mol. The molecule has 0 unspecified atom stereocenters. The van der Waals surface area contributed by atoms with E-state index in [4.69, 9.17) is 0 Å². The molecule has 0 aliphatic heterocycles. The summed E-state index contributed by atoms with van der Waals surface area (Å²) < 4.78 is 172. The summed E-state index contributed by atoms with van der Waals surface area (Å²) in [7, 11) is -1.70. The van der Waals surface area contributed by atoms with Crippen molar-refractivity contribution in [2.24, 2.45) is 0 Å². The van der Waals surface area contributed by atoms with Crippen molar-refractivity contribution in [2.45, 2.75) is 30.5 Å². The van der Waals surface area contributed by atoms with E-state index >= 15 is 0 Å². The van der Waals surface area contributed by atoms with Crippen molar-refractivity contribution in [1.29, 1.82) is 0 Å². The van der Waals surface area contributed by atoms with Crippen molar-refractivity contribution in [1.82, 2.24) is 0 Å². The molecule has 0 fully saturated rings. The third-order valence-corrected chi connectivity index (χ3v) is 10.3. The van der Waals surface area contributed by atoms with Crippen LogP contribution in [0, 0.1) is 0 Å². The predicted octanol–water partition coefficient (Wildman–Crippen LogP) is 10.2. The molecule has 0 aliphatic rings.